The van der Waals surface area contributed by atoms with Gasteiger partial charge in [0.25, 0.3) is 0 Å². The van der Waals surface area contributed by atoms with Gasteiger partial charge in [-0.15, -0.1) is 0 Å². The highest BCUT2D eigenvalue weighted by atomic mass is 16.7. The number of nitrogens with one attached hydrogen (secondary N) is 1. The number of carbonyl (C=O) groups is 1. The van der Waals surface area contributed by atoms with Gasteiger partial charge in [-0.05, 0) is 44.9 Å². The van der Waals surface area contributed by atoms with Crippen LogP contribution in [-0.4, -0.2) is 87.5 Å². The summed E-state index contributed by atoms with van der Waals surface area (Å²) in [6.45, 7) is 3.57. The van der Waals surface area contributed by atoms with Crippen molar-refractivity contribution in [1.82, 2.24) is 5.32 Å². The smallest absolute Gasteiger partial charge is 0.220 e. The zero-order valence-electron chi connectivity index (χ0n) is 38.0. The lowest BCUT2D eigenvalue weighted by Crippen LogP contribution is -2.60. The maximum Gasteiger partial charge on any atom is 0.220 e. The van der Waals surface area contributed by atoms with Gasteiger partial charge in [-0.2, -0.15) is 0 Å². The Balaban J connectivity index is 2.05. The predicted molar refractivity (Wildman–Crippen MR) is 244 cm³/mol. The van der Waals surface area contributed by atoms with E-state index in [-0.39, 0.29) is 12.5 Å². The SMILES string of the molecule is CCCCCCCCCCCCCCCCCCCCCCCCC/C=C/CC/C=C/CC/C=C/C(O)C(COC1OC(CO)C(O)C(O)C1O)NC(=O)CCCCC. The Morgan fingerprint density at radius 2 is 0.966 bits per heavy atom. The van der Waals surface area contributed by atoms with Gasteiger partial charge in [0, 0.05) is 6.42 Å². The highest BCUT2D eigenvalue weighted by Gasteiger charge is 2.44. The molecule has 0 aromatic heterocycles. The zero-order valence-corrected chi connectivity index (χ0v) is 38.0. The molecule has 59 heavy (non-hydrogen) atoms. The molecule has 1 rings (SSSR count). The largest absolute Gasteiger partial charge is 0.394 e. The second-order valence-corrected chi connectivity index (χ2v) is 17.2. The molecule has 1 aliphatic heterocycles. The van der Waals surface area contributed by atoms with E-state index >= 15 is 0 Å². The van der Waals surface area contributed by atoms with Gasteiger partial charge in [-0.25, -0.2) is 0 Å². The molecule has 1 fully saturated rings. The lowest BCUT2D eigenvalue weighted by atomic mass is 9.99. The average molecular weight is 836 g/mol. The van der Waals surface area contributed by atoms with Gasteiger partial charge in [-0.1, -0.05) is 204 Å². The Kier molecular flexibility index (Phi) is 38.0. The minimum atomic E-state index is -1.57. The fraction of sp³-hybridized carbons (Fsp3) is 0.860. The number of unbranched alkanes of at least 4 members (excludes halogenated alkanes) is 27. The minimum absolute atomic E-state index is 0.208. The summed E-state index contributed by atoms with van der Waals surface area (Å²) in [6, 6.07) is -0.821. The Morgan fingerprint density at radius 3 is 1.42 bits per heavy atom. The third kappa shape index (κ3) is 31.0. The molecule has 1 heterocycles. The van der Waals surface area contributed by atoms with Gasteiger partial charge >= 0.3 is 0 Å². The molecule has 0 bridgehead atoms. The van der Waals surface area contributed by atoms with Crippen LogP contribution >= 0.6 is 0 Å². The van der Waals surface area contributed by atoms with Crippen LogP contribution in [0.4, 0.5) is 0 Å². The van der Waals surface area contributed by atoms with E-state index in [1.807, 2.05) is 6.08 Å². The Bertz CT molecular complexity index is 1020. The average Bonchev–Trinajstić information content (AvgIpc) is 3.23. The van der Waals surface area contributed by atoms with E-state index in [4.69, 9.17) is 9.47 Å². The molecule has 9 heteroatoms. The van der Waals surface area contributed by atoms with Crippen LogP contribution < -0.4 is 5.32 Å². The molecule has 0 aliphatic carbocycles. The summed E-state index contributed by atoms with van der Waals surface area (Å²) in [6.07, 6.45) is 44.8. The summed E-state index contributed by atoms with van der Waals surface area (Å²) < 4.78 is 11.1. The first-order valence-corrected chi connectivity index (χ1v) is 24.7. The molecule has 0 aromatic carbocycles. The quantitative estimate of drug-likeness (QED) is 0.0263. The van der Waals surface area contributed by atoms with Crippen molar-refractivity contribution in [1.29, 1.82) is 0 Å². The van der Waals surface area contributed by atoms with Crippen molar-refractivity contribution in [2.24, 2.45) is 0 Å². The van der Waals surface area contributed by atoms with E-state index in [1.165, 1.54) is 154 Å². The number of amides is 1. The molecule has 1 amide bonds. The van der Waals surface area contributed by atoms with Gasteiger partial charge in [0.1, 0.15) is 24.4 Å². The number of ether oxygens (including phenoxy) is 2. The number of hydrogen-bond acceptors (Lipinski definition) is 8. The minimum Gasteiger partial charge on any atom is -0.394 e. The maximum atomic E-state index is 12.6. The van der Waals surface area contributed by atoms with Gasteiger partial charge in [0.2, 0.25) is 5.91 Å². The molecule has 0 spiro atoms. The van der Waals surface area contributed by atoms with Crippen molar-refractivity contribution in [3.05, 3.63) is 36.5 Å². The molecule has 0 radical (unpaired) electrons. The molecule has 7 atom stereocenters. The van der Waals surface area contributed by atoms with E-state index in [0.717, 1.165) is 44.9 Å². The first kappa shape index (κ1) is 55.4. The third-order valence-electron chi connectivity index (χ3n) is 11.7. The Labute approximate surface area is 361 Å². The summed E-state index contributed by atoms with van der Waals surface area (Å²) in [5, 5.41) is 53.6. The van der Waals surface area contributed by atoms with Crippen molar-refractivity contribution in [2.45, 2.75) is 262 Å². The van der Waals surface area contributed by atoms with Crippen molar-refractivity contribution in [3.63, 3.8) is 0 Å². The van der Waals surface area contributed by atoms with E-state index in [1.54, 1.807) is 6.08 Å². The number of aliphatic hydroxyl groups is 5. The lowest BCUT2D eigenvalue weighted by Gasteiger charge is -2.40. The van der Waals surface area contributed by atoms with E-state index in [2.05, 4.69) is 43.5 Å². The third-order valence-corrected chi connectivity index (χ3v) is 11.7. The normalized spacial score (nSPS) is 21.0. The van der Waals surface area contributed by atoms with Crippen LogP contribution in [0.1, 0.15) is 219 Å². The maximum absolute atomic E-state index is 12.6. The predicted octanol–water partition coefficient (Wildman–Crippen LogP) is 10.8. The van der Waals surface area contributed by atoms with Crippen molar-refractivity contribution < 1.29 is 39.8 Å². The highest BCUT2D eigenvalue weighted by Crippen LogP contribution is 2.23. The molecule has 0 aromatic rings. The molecule has 9 nitrogen and oxygen atoms in total. The van der Waals surface area contributed by atoms with Crippen molar-refractivity contribution in [2.75, 3.05) is 13.2 Å². The fourth-order valence-electron chi connectivity index (χ4n) is 7.72. The lowest BCUT2D eigenvalue weighted by molar-refractivity contribution is -0.302. The molecular weight excluding hydrogens is 743 g/mol. The molecule has 0 saturated carbocycles. The monoisotopic (exact) mass is 836 g/mol. The molecular formula is C50H93NO8. The highest BCUT2D eigenvalue weighted by molar-refractivity contribution is 5.76. The zero-order chi connectivity index (χ0) is 43.0. The Hall–Kier alpha value is -1.59. The fourth-order valence-corrected chi connectivity index (χ4v) is 7.72. The molecule has 346 valence electrons. The van der Waals surface area contributed by atoms with Crippen LogP contribution in [0.15, 0.2) is 36.5 Å². The first-order chi connectivity index (χ1) is 28.8. The molecule has 7 unspecified atom stereocenters. The van der Waals surface area contributed by atoms with Crippen molar-refractivity contribution in [3.8, 4) is 0 Å². The molecule has 6 N–H and O–H groups in total. The summed E-state index contributed by atoms with van der Waals surface area (Å²) in [7, 11) is 0. The summed E-state index contributed by atoms with van der Waals surface area (Å²) in [4.78, 5) is 12.6. The Morgan fingerprint density at radius 1 is 0.559 bits per heavy atom. The number of aliphatic hydroxyl groups excluding tert-OH is 5. The number of carbonyl (C=O) groups excluding carboxylic acids is 1. The number of allylic oxidation sites excluding steroid dienone is 5. The first-order valence-electron chi connectivity index (χ1n) is 24.7. The van der Waals surface area contributed by atoms with Crippen molar-refractivity contribution >= 4 is 5.91 Å². The van der Waals surface area contributed by atoms with Crippen LogP contribution in [0.5, 0.6) is 0 Å². The second kappa shape index (κ2) is 40.5. The van der Waals surface area contributed by atoms with E-state index in [9.17, 15) is 30.3 Å². The number of hydrogen-bond donors (Lipinski definition) is 6. The van der Waals surface area contributed by atoms with Crippen LogP contribution in [0.3, 0.4) is 0 Å². The van der Waals surface area contributed by atoms with Gasteiger partial charge in [0.05, 0.1) is 25.4 Å². The molecule has 1 aliphatic rings. The summed E-state index contributed by atoms with van der Waals surface area (Å²) in [5.41, 5.74) is 0. The molecule has 1 saturated heterocycles. The van der Waals surface area contributed by atoms with Crippen LogP contribution in [0.2, 0.25) is 0 Å². The topological polar surface area (TPSA) is 149 Å². The van der Waals surface area contributed by atoms with Gasteiger partial charge < -0.3 is 40.3 Å². The van der Waals surface area contributed by atoms with Gasteiger partial charge in [0.15, 0.2) is 6.29 Å². The standard InChI is InChI=1S/C50H93NO8/c1-3-5-7-8-9-10-11-12-13-14-15-16-17-18-19-20-21-22-23-24-25-26-27-28-29-30-31-32-33-34-35-36-38-39-44(53)43(51-46(54)40-37-6-4-2)42-58-50-49(57)48(56)47(55)45(41-52)59-50/h29-30,33-34,38-39,43-45,47-50,52-53,55-57H,3-28,31-32,35-37,40-42H2,1-2H3,(H,51,54)/b30-29+,34-33+,39-38+. The van der Waals surface area contributed by atoms with E-state index < -0.39 is 49.5 Å². The second-order valence-electron chi connectivity index (χ2n) is 17.2. The van der Waals surface area contributed by atoms with Gasteiger partial charge in [-0.3, -0.25) is 4.79 Å². The number of rotatable bonds is 41. The summed E-state index contributed by atoms with van der Waals surface area (Å²) >= 11 is 0. The summed E-state index contributed by atoms with van der Waals surface area (Å²) in [5.74, 6) is -0.216. The van der Waals surface area contributed by atoms with E-state index in [0.29, 0.717) is 6.42 Å². The van der Waals surface area contributed by atoms with Crippen LogP contribution in [-0.2, 0) is 14.3 Å². The van der Waals surface area contributed by atoms with Crippen LogP contribution in [0.25, 0.3) is 0 Å². The van der Waals surface area contributed by atoms with Crippen LogP contribution in [0, 0.1) is 0 Å².